The molecule has 110 valence electrons. The molecular formula is C18H20O3. The van der Waals surface area contributed by atoms with E-state index in [0.717, 1.165) is 0 Å². The lowest BCUT2D eigenvalue weighted by Crippen LogP contribution is -2.12. The highest BCUT2D eigenvalue weighted by Crippen LogP contribution is 2.20. The molecule has 0 saturated carbocycles. The summed E-state index contributed by atoms with van der Waals surface area (Å²) in [6, 6.07) is 15.0. The van der Waals surface area contributed by atoms with Gasteiger partial charge in [0.05, 0.1) is 12.7 Å². The van der Waals surface area contributed by atoms with Gasteiger partial charge in [0.15, 0.2) is 6.61 Å². The first-order valence-electron chi connectivity index (χ1n) is 7.00. The summed E-state index contributed by atoms with van der Waals surface area (Å²) in [7, 11) is 1.55. The van der Waals surface area contributed by atoms with Crippen LogP contribution in [0.2, 0.25) is 0 Å². The Morgan fingerprint density at radius 3 is 2.33 bits per heavy atom. The van der Waals surface area contributed by atoms with Crippen molar-refractivity contribution < 1.29 is 14.3 Å². The van der Waals surface area contributed by atoms with Gasteiger partial charge in [-0.2, -0.15) is 0 Å². The third-order valence-corrected chi connectivity index (χ3v) is 3.32. The monoisotopic (exact) mass is 284 g/mol. The van der Waals surface area contributed by atoms with Crippen LogP contribution in [-0.2, 0) is 0 Å². The molecule has 2 rings (SSSR count). The Hall–Kier alpha value is -2.29. The molecule has 0 bridgehead atoms. The Labute approximate surface area is 125 Å². The van der Waals surface area contributed by atoms with Crippen LogP contribution in [-0.4, -0.2) is 19.5 Å². The quantitative estimate of drug-likeness (QED) is 0.750. The highest BCUT2D eigenvalue weighted by Gasteiger charge is 2.12. The molecule has 0 radical (unpaired) electrons. The summed E-state index contributed by atoms with van der Waals surface area (Å²) in [4.78, 5) is 12.2. The second-order valence-corrected chi connectivity index (χ2v) is 5.14. The molecule has 2 aromatic carbocycles. The normalized spacial score (nSPS) is 10.5. The van der Waals surface area contributed by atoms with Gasteiger partial charge in [-0.25, -0.2) is 0 Å². The van der Waals surface area contributed by atoms with Crippen molar-refractivity contribution >= 4 is 5.78 Å². The van der Waals surface area contributed by atoms with Crippen LogP contribution in [0.15, 0.2) is 48.5 Å². The molecule has 0 amide bonds. The molecule has 0 unspecified atom stereocenters. The van der Waals surface area contributed by atoms with Crippen LogP contribution in [0.4, 0.5) is 0 Å². The van der Waals surface area contributed by atoms with E-state index in [0.29, 0.717) is 23.0 Å². The first-order chi connectivity index (χ1) is 10.1. The average molecular weight is 284 g/mol. The van der Waals surface area contributed by atoms with Gasteiger partial charge in [-0.15, -0.1) is 0 Å². The van der Waals surface area contributed by atoms with E-state index >= 15 is 0 Å². The Morgan fingerprint density at radius 2 is 1.71 bits per heavy atom. The summed E-state index contributed by atoms with van der Waals surface area (Å²) in [5.41, 5.74) is 1.79. The van der Waals surface area contributed by atoms with E-state index < -0.39 is 0 Å². The van der Waals surface area contributed by atoms with Crippen LogP contribution in [0.25, 0.3) is 0 Å². The standard InChI is InChI=1S/C18H20O3/c1-13(2)14-8-10-15(11-9-14)21-12-17(19)16-6-4-5-7-18(16)20-3/h4-11,13H,12H2,1-3H3. The topological polar surface area (TPSA) is 35.5 Å². The van der Waals surface area contributed by atoms with Crippen molar-refractivity contribution in [1.29, 1.82) is 0 Å². The van der Waals surface area contributed by atoms with Crippen LogP contribution in [0.1, 0.15) is 35.7 Å². The number of carbonyl (C=O) groups excluding carboxylic acids is 1. The lowest BCUT2D eigenvalue weighted by Gasteiger charge is -2.10. The zero-order chi connectivity index (χ0) is 15.2. The molecule has 0 N–H and O–H groups in total. The third-order valence-electron chi connectivity index (χ3n) is 3.32. The van der Waals surface area contributed by atoms with Crippen LogP contribution in [0.3, 0.4) is 0 Å². The zero-order valence-electron chi connectivity index (χ0n) is 12.6. The van der Waals surface area contributed by atoms with Crippen LogP contribution in [0, 0.1) is 0 Å². The van der Waals surface area contributed by atoms with Gasteiger partial charge in [0.2, 0.25) is 5.78 Å². The maximum atomic E-state index is 12.2. The van der Waals surface area contributed by atoms with E-state index in [4.69, 9.17) is 9.47 Å². The van der Waals surface area contributed by atoms with Gasteiger partial charge in [-0.1, -0.05) is 38.1 Å². The van der Waals surface area contributed by atoms with Crippen LogP contribution >= 0.6 is 0 Å². The minimum atomic E-state index is -0.0969. The predicted octanol–water partition coefficient (Wildman–Crippen LogP) is 4.08. The predicted molar refractivity (Wildman–Crippen MR) is 83.4 cm³/mol. The number of benzene rings is 2. The van der Waals surface area contributed by atoms with Crippen LogP contribution in [0.5, 0.6) is 11.5 Å². The molecule has 0 aliphatic rings. The van der Waals surface area contributed by atoms with E-state index in [1.54, 1.807) is 19.2 Å². The first-order valence-corrected chi connectivity index (χ1v) is 7.00. The number of hydrogen-bond donors (Lipinski definition) is 0. The summed E-state index contributed by atoms with van der Waals surface area (Å²) in [5, 5.41) is 0. The molecule has 3 heteroatoms. The Balaban J connectivity index is 2.00. The molecule has 0 aliphatic carbocycles. The molecule has 0 aliphatic heterocycles. The lowest BCUT2D eigenvalue weighted by molar-refractivity contribution is 0.0918. The van der Waals surface area contributed by atoms with Crippen molar-refractivity contribution in [1.82, 2.24) is 0 Å². The van der Waals surface area contributed by atoms with Crippen molar-refractivity contribution in [3.63, 3.8) is 0 Å². The van der Waals surface area contributed by atoms with Gasteiger partial charge in [0.25, 0.3) is 0 Å². The van der Waals surface area contributed by atoms with E-state index in [2.05, 4.69) is 13.8 Å². The number of carbonyl (C=O) groups is 1. The summed E-state index contributed by atoms with van der Waals surface area (Å²) in [6.07, 6.45) is 0. The van der Waals surface area contributed by atoms with E-state index in [-0.39, 0.29) is 12.4 Å². The van der Waals surface area contributed by atoms with Crippen molar-refractivity contribution in [2.75, 3.05) is 13.7 Å². The van der Waals surface area contributed by atoms with Crippen molar-refractivity contribution in [2.24, 2.45) is 0 Å². The van der Waals surface area contributed by atoms with Gasteiger partial charge in [0, 0.05) is 0 Å². The first kappa shape index (κ1) is 15.1. The average Bonchev–Trinajstić information content (AvgIpc) is 2.52. The van der Waals surface area contributed by atoms with Crippen LogP contribution < -0.4 is 9.47 Å². The molecule has 0 saturated heterocycles. The number of Topliss-reactive ketones (excluding diaryl/α,β-unsaturated/α-hetero) is 1. The smallest absolute Gasteiger partial charge is 0.203 e. The highest BCUT2D eigenvalue weighted by molar-refractivity contribution is 5.99. The second-order valence-electron chi connectivity index (χ2n) is 5.14. The van der Waals surface area contributed by atoms with Gasteiger partial charge < -0.3 is 9.47 Å². The molecule has 0 fully saturated rings. The Bertz CT molecular complexity index is 600. The molecule has 0 heterocycles. The SMILES string of the molecule is COc1ccccc1C(=O)COc1ccc(C(C)C)cc1. The zero-order valence-corrected chi connectivity index (χ0v) is 12.6. The summed E-state index contributed by atoms with van der Waals surface area (Å²) in [5.74, 6) is 1.65. The molecule has 2 aromatic rings. The maximum Gasteiger partial charge on any atom is 0.203 e. The molecule has 0 aromatic heterocycles. The van der Waals surface area contributed by atoms with E-state index in [9.17, 15) is 4.79 Å². The van der Waals surface area contributed by atoms with E-state index in [1.165, 1.54) is 5.56 Å². The lowest BCUT2D eigenvalue weighted by atomic mass is 10.0. The fourth-order valence-corrected chi connectivity index (χ4v) is 2.05. The van der Waals surface area contributed by atoms with Crippen molar-refractivity contribution in [3.8, 4) is 11.5 Å². The Kier molecular flexibility index (Phi) is 4.99. The number of hydrogen-bond acceptors (Lipinski definition) is 3. The minimum absolute atomic E-state index is 0.00139. The fraction of sp³-hybridized carbons (Fsp3) is 0.278. The van der Waals surface area contributed by atoms with Gasteiger partial charge in [0.1, 0.15) is 11.5 Å². The van der Waals surface area contributed by atoms with E-state index in [1.807, 2.05) is 36.4 Å². The number of ether oxygens (including phenoxy) is 2. The fourth-order valence-electron chi connectivity index (χ4n) is 2.05. The molecular weight excluding hydrogens is 264 g/mol. The third kappa shape index (κ3) is 3.85. The molecule has 21 heavy (non-hydrogen) atoms. The van der Waals surface area contributed by atoms with Crippen molar-refractivity contribution in [2.45, 2.75) is 19.8 Å². The van der Waals surface area contributed by atoms with Gasteiger partial charge >= 0.3 is 0 Å². The molecule has 0 spiro atoms. The number of ketones is 1. The number of rotatable bonds is 6. The highest BCUT2D eigenvalue weighted by atomic mass is 16.5. The van der Waals surface area contributed by atoms with Gasteiger partial charge in [-0.05, 0) is 35.7 Å². The molecule has 3 nitrogen and oxygen atoms in total. The summed E-state index contributed by atoms with van der Waals surface area (Å²) < 4.78 is 10.7. The van der Waals surface area contributed by atoms with Crippen molar-refractivity contribution in [3.05, 3.63) is 59.7 Å². The second kappa shape index (κ2) is 6.93. The van der Waals surface area contributed by atoms with Gasteiger partial charge in [-0.3, -0.25) is 4.79 Å². The number of methoxy groups -OCH3 is 1. The Morgan fingerprint density at radius 1 is 1.05 bits per heavy atom. The minimum Gasteiger partial charge on any atom is -0.496 e. The molecule has 0 atom stereocenters. The maximum absolute atomic E-state index is 12.2. The number of para-hydroxylation sites is 1. The summed E-state index contributed by atoms with van der Waals surface area (Å²) >= 11 is 0. The largest absolute Gasteiger partial charge is 0.496 e. The summed E-state index contributed by atoms with van der Waals surface area (Å²) in [6.45, 7) is 4.28.